The van der Waals surface area contributed by atoms with E-state index >= 15 is 0 Å². The third-order valence-corrected chi connectivity index (χ3v) is 3.43. The predicted octanol–water partition coefficient (Wildman–Crippen LogP) is 1.80. The number of aliphatic hydroxyl groups is 2. The van der Waals surface area contributed by atoms with Gasteiger partial charge < -0.3 is 20.6 Å². The predicted molar refractivity (Wildman–Crippen MR) is 97.0 cm³/mol. The van der Waals surface area contributed by atoms with Crippen molar-refractivity contribution in [1.29, 1.82) is 0 Å². The standard InChI is InChI=1S/C20H25NO4/c22-14-9-7-5-3-1-2-4-6-8-10-17-11-12-19(24)18(16-17)20(25)21-13-15-23/h11-12,16,22-24H,1-6,13-15H2,(H,21,25). The fourth-order valence-corrected chi connectivity index (χ4v) is 2.15. The van der Waals surface area contributed by atoms with E-state index in [1.54, 1.807) is 12.1 Å². The van der Waals surface area contributed by atoms with E-state index in [0.717, 1.165) is 38.5 Å². The van der Waals surface area contributed by atoms with Crippen molar-refractivity contribution in [1.82, 2.24) is 5.32 Å². The zero-order chi connectivity index (χ0) is 18.3. The number of amides is 1. The summed E-state index contributed by atoms with van der Waals surface area (Å²) in [6.45, 7) is -0.0859. The molecule has 4 N–H and O–H groups in total. The van der Waals surface area contributed by atoms with Crippen molar-refractivity contribution in [3.05, 3.63) is 29.3 Å². The van der Waals surface area contributed by atoms with Crippen LogP contribution in [-0.4, -0.2) is 41.0 Å². The number of phenols is 1. The zero-order valence-corrected chi connectivity index (χ0v) is 14.3. The van der Waals surface area contributed by atoms with Crippen LogP contribution in [0.4, 0.5) is 0 Å². The summed E-state index contributed by atoms with van der Waals surface area (Å²) < 4.78 is 0. The van der Waals surface area contributed by atoms with Gasteiger partial charge in [0, 0.05) is 24.9 Å². The first-order valence-corrected chi connectivity index (χ1v) is 8.46. The normalized spacial score (nSPS) is 9.52. The Morgan fingerprint density at radius 3 is 2.40 bits per heavy atom. The number of rotatable bonds is 8. The lowest BCUT2D eigenvalue weighted by Crippen LogP contribution is -2.26. The number of aromatic hydroxyl groups is 1. The average Bonchev–Trinajstić information content (AvgIpc) is 2.62. The van der Waals surface area contributed by atoms with Crippen LogP contribution in [0, 0.1) is 23.7 Å². The smallest absolute Gasteiger partial charge is 0.255 e. The lowest BCUT2D eigenvalue weighted by molar-refractivity contribution is 0.0942. The Morgan fingerprint density at radius 2 is 1.72 bits per heavy atom. The quantitative estimate of drug-likeness (QED) is 0.428. The summed E-state index contributed by atoms with van der Waals surface area (Å²) in [4.78, 5) is 11.9. The topological polar surface area (TPSA) is 89.8 Å². The van der Waals surface area contributed by atoms with E-state index in [0.29, 0.717) is 5.56 Å². The van der Waals surface area contributed by atoms with E-state index in [-0.39, 0.29) is 31.1 Å². The minimum atomic E-state index is -0.431. The van der Waals surface area contributed by atoms with Crippen LogP contribution in [0.1, 0.15) is 54.4 Å². The van der Waals surface area contributed by atoms with Crippen LogP contribution in [0.2, 0.25) is 0 Å². The largest absolute Gasteiger partial charge is 0.507 e. The zero-order valence-electron chi connectivity index (χ0n) is 14.3. The number of hydrogen-bond donors (Lipinski definition) is 4. The van der Waals surface area contributed by atoms with Crippen LogP contribution in [-0.2, 0) is 0 Å². The summed E-state index contributed by atoms with van der Waals surface area (Å²) in [7, 11) is 0. The Hall–Kier alpha value is -2.47. The van der Waals surface area contributed by atoms with Crippen molar-refractivity contribution in [3.8, 4) is 29.4 Å². The molecule has 25 heavy (non-hydrogen) atoms. The Kier molecular flexibility index (Phi) is 10.6. The highest BCUT2D eigenvalue weighted by molar-refractivity contribution is 5.97. The molecule has 0 aliphatic carbocycles. The van der Waals surface area contributed by atoms with E-state index in [9.17, 15) is 9.90 Å². The van der Waals surface area contributed by atoms with E-state index in [4.69, 9.17) is 10.2 Å². The van der Waals surface area contributed by atoms with E-state index in [1.165, 1.54) is 6.07 Å². The van der Waals surface area contributed by atoms with Crippen LogP contribution in [0.3, 0.4) is 0 Å². The number of carbonyl (C=O) groups excluding carboxylic acids is 1. The van der Waals surface area contributed by atoms with Gasteiger partial charge in [-0.05, 0) is 31.0 Å². The van der Waals surface area contributed by atoms with Gasteiger partial charge in [0.05, 0.1) is 12.2 Å². The molecule has 1 amide bonds. The molecule has 5 heteroatoms. The maximum Gasteiger partial charge on any atom is 0.255 e. The molecule has 5 nitrogen and oxygen atoms in total. The number of phenolic OH excluding ortho intramolecular Hbond substituents is 1. The van der Waals surface area contributed by atoms with Crippen molar-refractivity contribution in [2.75, 3.05) is 19.8 Å². The molecule has 0 unspecified atom stereocenters. The molecule has 0 radical (unpaired) electrons. The van der Waals surface area contributed by atoms with Gasteiger partial charge in [0.15, 0.2) is 0 Å². The molecule has 0 aliphatic rings. The molecular formula is C20H25NO4. The van der Waals surface area contributed by atoms with E-state index in [2.05, 4.69) is 29.0 Å². The van der Waals surface area contributed by atoms with Crippen molar-refractivity contribution >= 4 is 5.91 Å². The van der Waals surface area contributed by atoms with Gasteiger partial charge >= 0.3 is 0 Å². The number of carbonyl (C=O) groups is 1. The third-order valence-electron chi connectivity index (χ3n) is 3.43. The molecule has 0 saturated heterocycles. The minimum Gasteiger partial charge on any atom is -0.507 e. The molecule has 1 aromatic rings. The molecule has 1 aromatic carbocycles. The summed E-state index contributed by atoms with van der Waals surface area (Å²) in [6.07, 6.45) is 5.80. The first-order valence-electron chi connectivity index (χ1n) is 8.46. The van der Waals surface area contributed by atoms with Crippen molar-refractivity contribution < 1.29 is 20.1 Å². The first-order chi connectivity index (χ1) is 12.2. The first kappa shape index (κ1) is 20.6. The Bertz CT molecular complexity index is 662. The van der Waals surface area contributed by atoms with Crippen molar-refractivity contribution in [3.63, 3.8) is 0 Å². The van der Waals surface area contributed by atoms with Crippen LogP contribution < -0.4 is 5.32 Å². The summed E-state index contributed by atoms with van der Waals surface area (Å²) in [5, 5.41) is 29.5. The van der Waals surface area contributed by atoms with Crippen LogP contribution >= 0.6 is 0 Å². The lowest BCUT2D eigenvalue weighted by Gasteiger charge is -2.05. The van der Waals surface area contributed by atoms with Gasteiger partial charge in [-0.3, -0.25) is 4.79 Å². The van der Waals surface area contributed by atoms with Gasteiger partial charge in [0.2, 0.25) is 0 Å². The third kappa shape index (κ3) is 8.81. The molecule has 0 bridgehead atoms. The number of aliphatic hydroxyl groups excluding tert-OH is 2. The Balaban J connectivity index is 2.40. The number of nitrogens with one attached hydrogen (secondary N) is 1. The minimum absolute atomic E-state index is 0.0718. The van der Waals surface area contributed by atoms with Gasteiger partial charge in [0.1, 0.15) is 12.4 Å². The molecule has 134 valence electrons. The van der Waals surface area contributed by atoms with Crippen LogP contribution in [0.25, 0.3) is 0 Å². The molecule has 0 saturated carbocycles. The van der Waals surface area contributed by atoms with Crippen molar-refractivity contribution in [2.45, 2.75) is 38.5 Å². The van der Waals surface area contributed by atoms with Gasteiger partial charge in [-0.15, -0.1) is 5.92 Å². The summed E-state index contributed by atoms with van der Waals surface area (Å²) in [6, 6.07) is 4.67. The molecular weight excluding hydrogens is 318 g/mol. The molecule has 0 heterocycles. The van der Waals surface area contributed by atoms with E-state index < -0.39 is 5.91 Å². The molecule has 0 aliphatic heterocycles. The Labute approximate surface area is 149 Å². The van der Waals surface area contributed by atoms with Crippen LogP contribution in [0.15, 0.2) is 18.2 Å². The number of hydrogen-bond acceptors (Lipinski definition) is 4. The van der Waals surface area contributed by atoms with Gasteiger partial charge in [-0.25, -0.2) is 0 Å². The highest BCUT2D eigenvalue weighted by Crippen LogP contribution is 2.18. The summed E-state index contributed by atoms with van der Waals surface area (Å²) in [5.41, 5.74) is 0.829. The van der Waals surface area contributed by atoms with Crippen LogP contribution in [0.5, 0.6) is 5.75 Å². The highest BCUT2D eigenvalue weighted by Gasteiger charge is 2.10. The fourth-order valence-electron chi connectivity index (χ4n) is 2.15. The van der Waals surface area contributed by atoms with Crippen molar-refractivity contribution in [2.24, 2.45) is 0 Å². The maximum absolute atomic E-state index is 11.9. The Morgan fingerprint density at radius 1 is 1.00 bits per heavy atom. The molecule has 0 fully saturated rings. The second-order valence-corrected chi connectivity index (χ2v) is 5.44. The van der Waals surface area contributed by atoms with Gasteiger partial charge in [-0.1, -0.05) is 30.6 Å². The monoisotopic (exact) mass is 343 g/mol. The number of unbranched alkanes of at least 4 members (excludes halogenated alkanes) is 5. The average molecular weight is 343 g/mol. The SMILES string of the molecule is O=C(NCCO)c1cc(C#CCCCCCCC#CCO)ccc1O. The second kappa shape index (κ2) is 12.9. The van der Waals surface area contributed by atoms with Gasteiger partial charge in [-0.2, -0.15) is 0 Å². The second-order valence-electron chi connectivity index (χ2n) is 5.44. The summed E-state index contributed by atoms with van der Waals surface area (Å²) in [5.74, 6) is 11.1. The maximum atomic E-state index is 11.9. The molecule has 1 rings (SSSR count). The van der Waals surface area contributed by atoms with E-state index in [1.807, 2.05) is 0 Å². The number of benzene rings is 1. The fraction of sp³-hybridized carbons (Fsp3) is 0.450. The molecule has 0 atom stereocenters. The van der Waals surface area contributed by atoms with Gasteiger partial charge in [0.25, 0.3) is 5.91 Å². The summed E-state index contributed by atoms with van der Waals surface area (Å²) >= 11 is 0. The molecule has 0 spiro atoms. The highest BCUT2D eigenvalue weighted by atomic mass is 16.3. The molecule has 0 aromatic heterocycles. The lowest BCUT2D eigenvalue weighted by atomic mass is 10.1.